The van der Waals surface area contributed by atoms with Crippen LogP contribution in [0.3, 0.4) is 0 Å². The van der Waals surface area contributed by atoms with E-state index < -0.39 is 5.97 Å². The summed E-state index contributed by atoms with van der Waals surface area (Å²) in [6, 6.07) is 5.13. The van der Waals surface area contributed by atoms with Crippen LogP contribution in [-0.4, -0.2) is 22.9 Å². The lowest BCUT2D eigenvalue weighted by atomic mass is 9.95. The molecule has 2 saturated carbocycles. The van der Waals surface area contributed by atoms with Crippen molar-refractivity contribution in [1.29, 1.82) is 0 Å². The van der Waals surface area contributed by atoms with Gasteiger partial charge in [-0.25, -0.2) is 4.79 Å². The normalized spacial score (nSPS) is 24.5. The zero-order valence-corrected chi connectivity index (χ0v) is 15.4. The van der Waals surface area contributed by atoms with Gasteiger partial charge in [0, 0.05) is 28.0 Å². The fraction of sp³-hybridized carbons (Fsp3) is 0.368. The third-order valence-electron chi connectivity index (χ3n) is 5.33. The second-order valence-electron chi connectivity index (χ2n) is 7.03. The Bertz CT molecular complexity index is 906. The van der Waals surface area contributed by atoms with E-state index in [1.54, 1.807) is 18.2 Å². The molecule has 0 aliphatic heterocycles. The number of carbonyl (C=O) groups excluding carboxylic acids is 2. The zero-order chi connectivity index (χ0) is 18.3. The maximum atomic E-state index is 12.1. The Hall–Kier alpha value is -1.98. The molecular weight excluding hydrogens is 375 g/mol. The monoisotopic (exact) mass is 392 g/mol. The summed E-state index contributed by atoms with van der Waals surface area (Å²) in [6.45, 7) is 0. The van der Waals surface area contributed by atoms with Gasteiger partial charge in [-0.05, 0) is 49.3 Å². The van der Waals surface area contributed by atoms with Gasteiger partial charge in [0.15, 0.2) is 0 Å². The van der Waals surface area contributed by atoms with Crippen LogP contribution in [0.2, 0.25) is 10.0 Å². The first-order valence-electron chi connectivity index (χ1n) is 8.65. The maximum absolute atomic E-state index is 12.1. The molecule has 7 heteroatoms. The molecule has 3 atom stereocenters. The summed E-state index contributed by atoms with van der Waals surface area (Å²) >= 11 is 12.1. The van der Waals surface area contributed by atoms with Gasteiger partial charge in [0.1, 0.15) is 12.0 Å². The Morgan fingerprint density at radius 1 is 1.19 bits per heavy atom. The number of ether oxygens (including phenoxy) is 1. The summed E-state index contributed by atoms with van der Waals surface area (Å²) < 4.78 is 5.04. The van der Waals surface area contributed by atoms with Gasteiger partial charge in [-0.3, -0.25) is 4.79 Å². The Morgan fingerprint density at radius 2 is 2.04 bits per heavy atom. The first-order valence-corrected chi connectivity index (χ1v) is 9.41. The number of carbonyl (C=O) groups is 2. The maximum Gasteiger partial charge on any atom is 0.359 e. The van der Waals surface area contributed by atoms with Gasteiger partial charge < -0.3 is 15.0 Å². The van der Waals surface area contributed by atoms with Crippen molar-refractivity contribution in [3.63, 3.8) is 0 Å². The van der Waals surface area contributed by atoms with Gasteiger partial charge in [-0.2, -0.15) is 0 Å². The number of amides is 1. The number of esters is 1. The quantitative estimate of drug-likeness (QED) is 0.458. The van der Waals surface area contributed by atoms with Gasteiger partial charge in [0.2, 0.25) is 5.91 Å². The van der Waals surface area contributed by atoms with E-state index in [0.717, 1.165) is 18.6 Å². The van der Waals surface area contributed by atoms with Crippen LogP contribution in [0.25, 0.3) is 10.9 Å². The average Bonchev–Trinajstić information content (AvgIpc) is 3.29. The zero-order valence-electron chi connectivity index (χ0n) is 13.9. The Morgan fingerprint density at radius 3 is 2.77 bits per heavy atom. The van der Waals surface area contributed by atoms with Crippen LogP contribution in [-0.2, 0) is 9.53 Å². The topological polar surface area (TPSA) is 71.2 Å². The largest absolute Gasteiger partial charge is 0.430 e. The van der Waals surface area contributed by atoms with Crippen molar-refractivity contribution in [2.24, 2.45) is 11.8 Å². The number of rotatable bonds is 4. The molecule has 1 amide bonds. The van der Waals surface area contributed by atoms with Crippen molar-refractivity contribution in [2.75, 3.05) is 0 Å². The molecule has 1 heterocycles. The first kappa shape index (κ1) is 17.4. The molecule has 3 unspecified atom stereocenters. The molecule has 2 aliphatic carbocycles. The highest BCUT2D eigenvalue weighted by Crippen LogP contribution is 2.44. The molecule has 4 rings (SSSR count). The van der Waals surface area contributed by atoms with E-state index in [2.05, 4.69) is 10.3 Å². The predicted octanol–water partition coefficient (Wildman–Crippen LogP) is 4.45. The van der Waals surface area contributed by atoms with Gasteiger partial charge in [-0.15, -0.1) is 0 Å². The highest BCUT2D eigenvalue weighted by Gasteiger charge is 2.39. The number of nitrogens with one attached hydrogen (secondary N) is 2. The lowest BCUT2D eigenvalue weighted by molar-refractivity contribution is -0.117. The van der Waals surface area contributed by atoms with Crippen molar-refractivity contribution in [2.45, 2.75) is 31.7 Å². The number of H-pyrrole nitrogens is 1. The van der Waals surface area contributed by atoms with E-state index in [9.17, 15) is 9.59 Å². The molecule has 2 fully saturated rings. The van der Waals surface area contributed by atoms with Crippen molar-refractivity contribution in [1.82, 2.24) is 10.3 Å². The summed E-state index contributed by atoms with van der Waals surface area (Å²) in [4.78, 5) is 27.0. The standard InChI is InChI=1S/C19H18Cl2N2O3/c20-12-7-14(21)13-9-17(22-16(13)8-12)19(25)26-4-3-18(24)23-15-6-10-1-2-11(15)5-10/h3-4,7-11,15,22H,1-2,5-6H2,(H,23,24). The first-order chi connectivity index (χ1) is 12.5. The van der Waals surface area contributed by atoms with Gasteiger partial charge >= 0.3 is 5.97 Å². The van der Waals surface area contributed by atoms with E-state index in [0.29, 0.717) is 26.9 Å². The number of aromatic nitrogens is 1. The van der Waals surface area contributed by atoms with Gasteiger partial charge in [-0.1, -0.05) is 29.6 Å². The SMILES string of the molecule is O=C(C=COC(=O)c1cc2c(Cl)cc(Cl)cc2[nH]1)NC1CC2CCC1C2. The fourth-order valence-corrected chi connectivity index (χ4v) is 4.69. The highest BCUT2D eigenvalue weighted by molar-refractivity contribution is 6.38. The molecule has 26 heavy (non-hydrogen) atoms. The molecule has 0 saturated heterocycles. The Kier molecular flexibility index (Phi) is 4.67. The van der Waals surface area contributed by atoms with Crippen LogP contribution in [0.4, 0.5) is 0 Å². The molecule has 5 nitrogen and oxygen atoms in total. The fourth-order valence-electron chi connectivity index (χ4n) is 4.14. The minimum Gasteiger partial charge on any atom is -0.430 e. The molecule has 2 aliphatic rings. The molecule has 136 valence electrons. The second-order valence-corrected chi connectivity index (χ2v) is 7.87. The van der Waals surface area contributed by atoms with Crippen molar-refractivity contribution in [3.05, 3.63) is 46.3 Å². The number of hydrogen-bond donors (Lipinski definition) is 2. The third-order valence-corrected chi connectivity index (χ3v) is 5.86. The van der Waals surface area contributed by atoms with Crippen LogP contribution in [0.15, 0.2) is 30.5 Å². The molecule has 0 spiro atoms. The van der Waals surface area contributed by atoms with Gasteiger partial charge in [0.05, 0.1) is 5.02 Å². The third kappa shape index (κ3) is 3.46. The Balaban J connectivity index is 1.35. The van der Waals surface area contributed by atoms with Crippen LogP contribution in [0, 0.1) is 11.8 Å². The summed E-state index contributed by atoms with van der Waals surface area (Å²) in [5.74, 6) is 0.524. The molecule has 1 aromatic heterocycles. The highest BCUT2D eigenvalue weighted by atomic mass is 35.5. The summed E-state index contributed by atoms with van der Waals surface area (Å²) in [5.41, 5.74) is 0.884. The Labute approximate surface area is 160 Å². The van der Waals surface area contributed by atoms with Crippen LogP contribution >= 0.6 is 23.2 Å². The second kappa shape index (κ2) is 6.97. The van der Waals surface area contributed by atoms with E-state index >= 15 is 0 Å². The number of benzene rings is 1. The summed E-state index contributed by atoms with van der Waals surface area (Å²) in [7, 11) is 0. The minimum absolute atomic E-state index is 0.234. The molecular formula is C19H18Cl2N2O3. The van der Waals surface area contributed by atoms with E-state index in [1.165, 1.54) is 25.3 Å². The summed E-state index contributed by atoms with van der Waals surface area (Å²) in [6.07, 6.45) is 7.12. The smallest absolute Gasteiger partial charge is 0.359 e. The number of fused-ring (bicyclic) bond motifs is 3. The van der Waals surface area contributed by atoms with Crippen molar-refractivity contribution < 1.29 is 14.3 Å². The average molecular weight is 393 g/mol. The van der Waals surface area contributed by atoms with E-state index in [-0.39, 0.29) is 17.6 Å². The van der Waals surface area contributed by atoms with Crippen LogP contribution < -0.4 is 5.32 Å². The number of aromatic amines is 1. The van der Waals surface area contributed by atoms with Crippen LogP contribution in [0.5, 0.6) is 0 Å². The number of halogens is 2. The molecule has 2 N–H and O–H groups in total. The lowest BCUT2D eigenvalue weighted by Gasteiger charge is -2.21. The minimum atomic E-state index is -0.600. The van der Waals surface area contributed by atoms with Gasteiger partial charge in [0.25, 0.3) is 0 Å². The van der Waals surface area contributed by atoms with Crippen LogP contribution in [0.1, 0.15) is 36.2 Å². The lowest BCUT2D eigenvalue weighted by Crippen LogP contribution is -2.37. The molecule has 2 bridgehead atoms. The molecule has 1 aromatic carbocycles. The predicted molar refractivity (Wildman–Crippen MR) is 100 cm³/mol. The van der Waals surface area contributed by atoms with Crippen molar-refractivity contribution >= 4 is 46.0 Å². The molecule has 2 aromatic rings. The van der Waals surface area contributed by atoms with E-state index in [1.807, 2.05) is 0 Å². The summed E-state index contributed by atoms with van der Waals surface area (Å²) in [5, 5.41) is 4.60. The van der Waals surface area contributed by atoms with Crippen molar-refractivity contribution in [3.8, 4) is 0 Å². The number of hydrogen-bond acceptors (Lipinski definition) is 3. The van der Waals surface area contributed by atoms with E-state index in [4.69, 9.17) is 27.9 Å². The molecule has 0 radical (unpaired) electrons.